The Morgan fingerprint density at radius 1 is 0.786 bits per heavy atom. The van der Waals surface area contributed by atoms with E-state index in [0.29, 0.717) is 31.1 Å². The molecule has 3 aromatic carbocycles. The van der Waals surface area contributed by atoms with Crippen molar-refractivity contribution in [2.45, 2.75) is 26.6 Å². The molecule has 0 fully saturated rings. The van der Waals surface area contributed by atoms with Gasteiger partial charge in [0.25, 0.3) is 0 Å². The molecule has 0 aromatic heterocycles. The molecule has 1 N–H and O–H groups in total. The van der Waals surface area contributed by atoms with Gasteiger partial charge in [0.05, 0.1) is 5.92 Å². The van der Waals surface area contributed by atoms with Crippen LogP contribution in [-0.2, 0) is 24.4 Å². The molecule has 0 bridgehead atoms. The minimum Gasteiger partial charge on any atom is -0.485 e. The number of carboxylic acids is 1. The molecule has 0 radical (unpaired) electrons. The molecule has 1 atom stereocenters. The van der Waals surface area contributed by atoms with Gasteiger partial charge >= 0.3 is 5.97 Å². The van der Waals surface area contributed by atoms with Gasteiger partial charge in [-0.15, -0.1) is 0 Å². The van der Waals surface area contributed by atoms with Crippen LogP contribution in [0.2, 0.25) is 0 Å². The van der Waals surface area contributed by atoms with Crippen LogP contribution in [0.1, 0.15) is 23.6 Å². The molecule has 0 amide bonds. The van der Waals surface area contributed by atoms with Gasteiger partial charge in [0.1, 0.15) is 13.2 Å². The van der Waals surface area contributed by atoms with E-state index < -0.39 is 11.9 Å². The molecule has 4 heteroatoms. The number of benzene rings is 3. The van der Waals surface area contributed by atoms with Gasteiger partial charge in [-0.05, 0) is 35.2 Å². The first kappa shape index (κ1) is 19.5. The molecule has 0 aliphatic heterocycles. The van der Waals surface area contributed by atoms with Crippen LogP contribution < -0.4 is 9.47 Å². The van der Waals surface area contributed by atoms with Gasteiger partial charge in [0, 0.05) is 0 Å². The van der Waals surface area contributed by atoms with Crippen LogP contribution in [0, 0.1) is 5.92 Å². The fourth-order valence-corrected chi connectivity index (χ4v) is 2.82. The van der Waals surface area contributed by atoms with Crippen LogP contribution >= 0.6 is 0 Å². The minimum atomic E-state index is -0.809. The molecule has 4 nitrogen and oxygen atoms in total. The highest BCUT2D eigenvalue weighted by Crippen LogP contribution is 2.31. The van der Waals surface area contributed by atoms with Crippen LogP contribution in [0.4, 0.5) is 0 Å². The molecule has 144 valence electrons. The summed E-state index contributed by atoms with van der Waals surface area (Å²) in [6.45, 7) is 2.56. The average Bonchev–Trinajstić information content (AvgIpc) is 2.73. The fourth-order valence-electron chi connectivity index (χ4n) is 2.82. The first-order valence-electron chi connectivity index (χ1n) is 9.31. The Bertz CT molecular complexity index is 891. The first-order valence-corrected chi connectivity index (χ1v) is 9.31. The average molecular weight is 376 g/mol. The van der Waals surface area contributed by atoms with Gasteiger partial charge in [0.15, 0.2) is 11.5 Å². The molecule has 0 aliphatic carbocycles. The highest BCUT2D eigenvalue weighted by Gasteiger charge is 2.14. The second kappa shape index (κ2) is 9.60. The van der Waals surface area contributed by atoms with Crippen LogP contribution in [0.3, 0.4) is 0 Å². The SMILES string of the molecule is C[C@@H](Cc1ccc(OCc2ccccc2)c(OCc2ccccc2)c1)C(=O)O. The predicted octanol–water partition coefficient (Wildman–Crippen LogP) is 5.11. The maximum absolute atomic E-state index is 11.2. The van der Waals surface area contributed by atoms with Crippen molar-refractivity contribution in [1.82, 2.24) is 0 Å². The summed E-state index contributed by atoms with van der Waals surface area (Å²) in [4.78, 5) is 11.2. The molecule has 3 rings (SSSR count). The van der Waals surface area contributed by atoms with E-state index in [1.54, 1.807) is 6.92 Å². The van der Waals surface area contributed by atoms with E-state index in [-0.39, 0.29) is 0 Å². The monoisotopic (exact) mass is 376 g/mol. The van der Waals surface area contributed by atoms with Gasteiger partial charge in [-0.1, -0.05) is 73.7 Å². The maximum atomic E-state index is 11.2. The van der Waals surface area contributed by atoms with E-state index in [2.05, 4.69) is 0 Å². The Morgan fingerprint density at radius 3 is 1.86 bits per heavy atom. The lowest BCUT2D eigenvalue weighted by Gasteiger charge is -2.15. The van der Waals surface area contributed by atoms with Crippen molar-refractivity contribution in [1.29, 1.82) is 0 Å². The van der Waals surface area contributed by atoms with Gasteiger partial charge in [-0.2, -0.15) is 0 Å². The van der Waals surface area contributed by atoms with E-state index in [0.717, 1.165) is 16.7 Å². The lowest BCUT2D eigenvalue weighted by Crippen LogP contribution is -2.12. The third kappa shape index (κ3) is 5.61. The number of hydrogen-bond acceptors (Lipinski definition) is 3. The smallest absolute Gasteiger partial charge is 0.306 e. The Hall–Kier alpha value is -3.27. The second-order valence-electron chi connectivity index (χ2n) is 6.77. The Kier molecular flexibility index (Phi) is 6.68. The summed E-state index contributed by atoms with van der Waals surface area (Å²) in [5.41, 5.74) is 3.03. The van der Waals surface area contributed by atoms with Crippen LogP contribution in [0.5, 0.6) is 11.5 Å². The second-order valence-corrected chi connectivity index (χ2v) is 6.77. The fraction of sp³-hybridized carbons (Fsp3) is 0.208. The Labute approximate surface area is 165 Å². The molecule has 3 aromatic rings. The van der Waals surface area contributed by atoms with E-state index >= 15 is 0 Å². The number of carboxylic acid groups (broad SMARTS) is 1. The number of carbonyl (C=O) groups is 1. The number of aliphatic carboxylic acids is 1. The summed E-state index contributed by atoms with van der Waals surface area (Å²) in [5, 5.41) is 9.17. The Morgan fingerprint density at radius 2 is 1.32 bits per heavy atom. The third-order valence-electron chi connectivity index (χ3n) is 4.45. The van der Waals surface area contributed by atoms with Gasteiger partial charge in [-0.25, -0.2) is 0 Å². The zero-order valence-corrected chi connectivity index (χ0v) is 15.9. The van der Waals surface area contributed by atoms with E-state index in [1.165, 1.54) is 0 Å². The van der Waals surface area contributed by atoms with E-state index in [9.17, 15) is 9.90 Å². The minimum absolute atomic E-state index is 0.417. The molecule has 28 heavy (non-hydrogen) atoms. The summed E-state index contributed by atoms with van der Waals surface area (Å²) in [7, 11) is 0. The third-order valence-corrected chi connectivity index (χ3v) is 4.45. The highest BCUT2D eigenvalue weighted by molar-refractivity contribution is 5.70. The predicted molar refractivity (Wildman–Crippen MR) is 108 cm³/mol. The molecule has 0 aliphatic rings. The van der Waals surface area contributed by atoms with Gasteiger partial charge in [-0.3, -0.25) is 4.79 Å². The van der Waals surface area contributed by atoms with Crippen molar-refractivity contribution in [2.75, 3.05) is 0 Å². The van der Waals surface area contributed by atoms with Crippen molar-refractivity contribution in [3.63, 3.8) is 0 Å². The van der Waals surface area contributed by atoms with E-state index in [1.807, 2.05) is 78.9 Å². The van der Waals surface area contributed by atoms with Crippen molar-refractivity contribution >= 4 is 5.97 Å². The van der Waals surface area contributed by atoms with Crippen molar-refractivity contribution < 1.29 is 19.4 Å². The molecular weight excluding hydrogens is 352 g/mol. The van der Waals surface area contributed by atoms with Crippen molar-refractivity contribution in [3.05, 3.63) is 95.6 Å². The zero-order valence-electron chi connectivity index (χ0n) is 15.9. The molecule has 0 heterocycles. The molecular formula is C24H24O4. The molecule has 0 saturated carbocycles. The van der Waals surface area contributed by atoms with E-state index in [4.69, 9.17) is 9.47 Å². The topological polar surface area (TPSA) is 55.8 Å². The van der Waals surface area contributed by atoms with Crippen LogP contribution in [0.25, 0.3) is 0 Å². The van der Waals surface area contributed by atoms with Gasteiger partial charge in [0.2, 0.25) is 0 Å². The lowest BCUT2D eigenvalue weighted by atomic mass is 10.0. The van der Waals surface area contributed by atoms with Crippen LogP contribution in [-0.4, -0.2) is 11.1 Å². The molecule has 0 saturated heterocycles. The normalized spacial score (nSPS) is 11.6. The summed E-state index contributed by atoms with van der Waals surface area (Å²) >= 11 is 0. The number of rotatable bonds is 9. The quantitative estimate of drug-likeness (QED) is 0.564. The summed E-state index contributed by atoms with van der Waals surface area (Å²) < 4.78 is 12.0. The lowest BCUT2D eigenvalue weighted by molar-refractivity contribution is -0.141. The number of ether oxygens (including phenoxy) is 2. The molecule has 0 spiro atoms. The van der Waals surface area contributed by atoms with Gasteiger partial charge < -0.3 is 14.6 Å². The highest BCUT2D eigenvalue weighted by atomic mass is 16.5. The van der Waals surface area contributed by atoms with Crippen molar-refractivity contribution in [2.24, 2.45) is 5.92 Å². The van der Waals surface area contributed by atoms with Crippen molar-refractivity contribution in [3.8, 4) is 11.5 Å². The number of hydrogen-bond donors (Lipinski definition) is 1. The van der Waals surface area contributed by atoms with Crippen LogP contribution in [0.15, 0.2) is 78.9 Å². The zero-order chi connectivity index (χ0) is 19.8. The summed E-state index contributed by atoms with van der Waals surface area (Å²) in [6, 6.07) is 25.5. The standard InChI is InChI=1S/C24H24O4/c1-18(24(25)26)14-21-12-13-22(27-16-19-8-4-2-5-9-19)23(15-21)28-17-20-10-6-3-7-11-20/h2-13,15,18H,14,16-17H2,1H3,(H,25,26)/t18-/m0/s1. The summed E-state index contributed by atoms with van der Waals surface area (Å²) in [6.07, 6.45) is 0.440. The Balaban J connectivity index is 1.76. The summed E-state index contributed by atoms with van der Waals surface area (Å²) in [5.74, 6) is -0.00407. The maximum Gasteiger partial charge on any atom is 0.306 e. The first-order chi connectivity index (χ1) is 13.6. The largest absolute Gasteiger partial charge is 0.485 e. The molecule has 0 unspecified atom stereocenters.